The highest BCUT2D eigenvalue weighted by Gasteiger charge is 2.15. The van der Waals surface area contributed by atoms with Crippen LogP contribution in [0.25, 0.3) is 11.4 Å². The number of aromatic nitrogens is 2. The van der Waals surface area contributed by atoms with Crippen LogP contribution < -0.4 is 0 Å². The van der Waals surface area contributed by atoms with E-state index in [0.717, 1.165) is 21.4 Å². The molecular weight excluding hydrogens is 276 g/mol. The summed E-state index contributed by atoms with van der Waals surface area (Å²) in [6, 6.07) is 7.98. The predicted molar refractivity (Wildman–Crippen MR) is 73.9 cm³/mol. The highest BCUT2D eigenvalue weighted by Crippen LogP contribution is 2.26. The summed E-state index contributed by atoms with van der Waals surface area (Å²) in [5.41, 5.74) is 2.26. The standard InChI is InChI=1S/C14H15BrN2/c1-14(2,3)10-8-16-13(17-9-10)11-6-4-5-7-12(11)15/h4-9H,1-3H3. The summed E-state index contributed by atoms with van der Waals surface area (Å²) in [7, 11) is 0. The number of rotatable bonds is 1. The third-order valence-corrected chi connectivity index (χ3v) is 3.32. The van der Waals surface area contributed by atoms with E-state index in [1.54, 1.807) is 0 Å². The first kappa shape index (κ1) is 12.2. The van der Waals surface area contributed by atoms with Crippen molar-refractivity contribution in [1.82, 2.24) is 9.97 Å². The van der Waals surface area contributed by atoms with Gasteiger partial charge in [0.1, 0.15) is 0 Å². The third kappa shape index (κ3) is 2.72. The van der Waals surface area contributed by atoms with Gasteiger partial charge in [-0.25, -0.2) is 9.97 Å². The largest absolute Gasteiger partial charge is 0.236 e. The highest BCUT2D eigenvalue weighted by atomic mass is 79.9. The third-order valence-electron chi connectivity index (χ3n) is 2.63. The molecule has 0 bridgehead atoms. The van der Waals surface area contributed by atoms with E-state index in [0.29, 0.717) is 0 Å². The van der Waals surface area contributed by atoms with E-state index in [1.165, 1.54) is 0 Å². The second-order valence-electron chi connectivity index (χ2n) is 5.03. The maximum atomic E-state index is 4.44. The Kier molecular flexibility index (Phi) is 3.29. The topological polar surface area (TPSA) is 25.8 Å². The van der Waals surface area contributed by atoms with Crippen molar-refractivity contribution in [2.75, 3.05) is 0 Å². The highest BCUT2D eigenvalue weighted by molar-refractivity contribution is 9.10. The van der Waals surface area contributed by atoms with Crippen molar-refractivity contribution >= 4 is 15.9 Å². The van der Waals surface area contributed by atoms with Gasteiger partial charge in [-0.2, -0.15) is 0 Å². The summed E-state index contributed by atoms with van der Waals surface area (Å²) < 4.78 is 1.02. The predicted octanol–water partition coefficient (Wildman–Crippen LogP) is 4.20. The average Bonchev–Trinajstić information content (AvgIpc) is 2.29. The fraction of sp³-hybridized carbons (Fsp3) is 0.286. The van der Waals surface area contributed by atoms with E-state index in [2.05, 4.69) is 46.7 Å². The smallest absolute Gasteiger partial charge is 0.160 e. The number of nitrogens with zero attached hydrogens (tertiary/aromatic N) is 2. The second kappa shape index (κ2) is 4.57. The molecule has 0 atom stereocenters. The van der Waals surface area contributed by atoms with Crippen molar-refractivity contribution in [3.63, 3.8) is 0 Å². The minimum Gasteiger partial charge on any atom is -0.236 e. The van der Waals surface area contributed by atoms with Gasteiger partial charge in [0.05, 0.1) is 0 Å². The van der Waals surface area contributed by atoms with Crippen molar-refractivity contribution in [3.8, 4) is 11.4 Å². The Balaban J connectivity index is 2.40. The molecule has 0 aliphatic rings. The van der Waals surface area contributed by atoms with Gasteiger partial charge >= 0.3 is 0 Å². The Bertz CT molecular complexity index is 512. The molecule has 0 aliphatic heterocycles. The van der Waals surface area contributed by atoms with Gasteiger partial charge in [-0.05, 0) is 17.0 Å². The van der Waals surface area contributed by atoms with Gasteiger partial charge in [0.2, 0.25) is 0 Å². The molecule has 0 saturated carbocycles. The molecule has 0 N–H and O–H groups in total. The second-order valence-corrected chi connectivity index (χ2v) is 5.88. The minimum atomic E-state index is 0.0897. The van der Waals surface area contributed by atoms with Crippen LogP contribution in [0.4, 0.5) is 0 Å². The van der Waals surface area contributed by atoms with Gasteiger partial charge in [-0.1, -0.05) is 54.9 Å². The Hall–Kier alpha value is -1.22. The van der Waals surface area contributed by atoms with E-state index < -0.39 is 0 Å². The van der Waals surface area contributed by atoms with E-state index in [-0.39, 0.29) is 5.41 Å². The van der Waals surface area contributed by atoms with E-state index >= 15 is 0 Å². The first-order chi connectivity index (χ1) is 7.98. The van der Waals surface area contributed by atoms with Crippen molar-refractivity contribution in [3.05, 3.63) is 46.7 Å². The molecule has 1 aromatic carbocycles. The molecule has 3 heteroatoms. The molecule has 0 fully saturated rings. The SMILES string of the molecule is CC(C)(C)c1cnc(-c2ccccc2Br)nc1. The number of halogens is 1. The zero-order valence-corrected chi connectivity index (χ0v) is 11.8. The molecule has 1 heterocycles. The van der Waals surface area contributed by atoms with Crippen LogP contribution in [0.3, 0.4) is 0 Å². The van der Waals surface area contributed by atoms with E-state index in [1.807, 2.05) is 36.7 Å². The molecule has 1 aromatic heterocycles. The van der Waals surface area contributed by atoms with Crippen LogP contribution in [0.5, 0.6) is 0 Å². The molecule has 0 aliphatic carbocycles. The molecule has 17 heavy (non-hydrogen) atoms. The molecule has 0 spiro atoms. The molecule has 2 nitrogen and oxygen atoms in total. The fourth-order valence-electron chi connectivity index (χ4n) is 1.50. The number of benzene rings is 1. The average molecular weight is 291 g/mol. The lowest BCUT2D eigenvalue weighted by Crippen LogP contribution is -2.12. The van der Waals surface area contributed by atoms with Gasteiger partial charge in [-0.3, -0.25) is 0 Å². The first-order valence-corrected chi connectivity index (χ1v) is 6.35. The van der Waals surface area contributed by atoms with Crippen LogP contribution >= 0.6 is 15.9 Å². The fourth-order valence-corrected chi connectivity index (χ4v) is 1.96. The van der Waals surface area contributed by atoms with E-state index in [9.17, 15) is 0 Å². The van der Waals surface area contributed by atoms with Crippen molar-refractivity contribution < 1.29 is 0 Å². The van der Waals surface area contributed by atoms with Gasteiger partial charge in [0, 0.05) is 22.4 Å². The van der Waals surface area contributed by atoms with Crippen molar-refractivity contribution in [1.29, 1.82) is 0 Å². The molecular formula is C14H15BrN2. The van der Waals surface area contributed by atoms with Gasteiger partial charge in [0.25, 0.3) is 0 Å². The molecule has 0 radical (unpaired) electrons. The summed E-state index contributed by atoms with van der Waals surface area (Å²) in [6.07, 6.45) is 3.81. The lowest BCUT2D eigenvalue weighted by molar-refractivity contribution is 0.584. The molecule has 0 amide bonds. The Morgan fingerprint density at radius 2 is 1.59 bits per heavy atom. The lowest BCUT2D eigenvalue weighted by atomic mass is 9.89. The minimum absolute atomic E-state index is 0.0897. The van der Waals surface area contributed by atoms with Gasteiger partial charge < -0.3 is 0 Å². The van der Waals surface area contributed by atoms with Crippen molar-refractivity contribution in [2.24, 2.45) is 0 Å². The van der Waals surface area contributed by atoms with Gasteiger partial charge in [0.15, 0.2) is 5.82 Å². The molecule has 88 valence electrons. The Morgan fingerprint density at radius 1 is 1.00 bits per heavy atom. The van der Waals surface area contributed by atoms with Gasteiger partial charge in [-0.15, -0.1) is 0 Å². The maximum Gasteiger partial charge on any atom is 0.160 e. The molecule has 0 saturated heterocycles. The lowest BCUT2D eigenvalue weighted by Gasteiger charge is -2.17. The monoisotopic (exact) mass is 290 g/mol. The zero-order chi connectivity index (χ0) is 12.5. The van der Waals surface area contributed by atoms with Crippen LogP contribution in [0.2, 0.25) is 0 Å². The van der Waals surface area contributed by atoms with Crippen LogP contribution in [0.15, 0.2) is 41.1 Å². The normalized spacial score (nSPS) is 11.5. The molecule has 2 rings (SSSR count). The summed E-state index contributed by atoms with van der Waals surface area (Å²) in [5.74, 6) is 0.755. The Labute approximate surface area is 110 Å². The van der Waals surface area contributed by atoms with E-state index in [4.69, 9.17) is 0 Å². The molecule has 2 aromatic rings. The zero-order valence-electron chi connectivity index (χ0n) is 10.2. The van der Waals surface area contributed by atoms with Crippen LogP contribution in [-0.2, 0) is 5.41 Å². The first-order valence-electron chi connectivity index (χ1n) is 5.56. The van der Waals surface area contributed by atoms with Crippen LogP contribution in [0.1, 0.15) is 26.3 Å². The summed E-state index contributed by atoms with van der Waals surface area (Å²) in [6.45, 7) is 6.47. The maximum absolute atomic E-state index is 4.44. The summed E-state index contributed by atoms with van der Waals surface area (Å²) >= 11 is 3.51. The van der Waals surface area contributed by atoms with Crippen LogP contribution in [-0.4, -0.2) is 9.97 Å². The van der Waals surface area contributed by atoms with Crippen LogP contribution in [0, 0.1) is 0 Å². The Morgan fingerprint density at radius 3 is 2.12 bits per heavy atom. The summed E-state index contributed by atoms with van der Waals surface area (Å²) in [5, 5.41) is 0. The number of hydrogen-bond acceptors (Lipinski definition) is 2. The quantitative estimate of drug-likeness (QED) is 0.786. The number of hydrogen-bond donors (Lipinski definition) is 0. The van der Waals surface area contributed by atoms with Crippen molar-refractivity contribution in [2.45, 2.75) is 26.2 Å². The molecule has 0 unspecified atom stereocenters. The summed E-state index contributed by atoms with van der Waals surface area (Å²) in [4.78, 5) is 8.87.